The maximum atomic E-state index is 14.0. The van der Waals surface area contributed by atoms with E-state index in [2.05, 4.69) is 0 Å². The van der Waals surface area contributed by atoms with Gasteiger partial charge in [-0.2, -0.15) is 8.78 Å². The summed E-state index contributed by atoms with van der Waals surface area (Å²) < 4.78 is 33.3. The molecule has 0 heterocycles. The second kappa shape index (κ2) is 6.41. The summed E-state index contributed by atoms with van der Waals surface area (Å²) in [6, 6.07) is 12.0. The first-order chi connectivity index (χ1) is 9.90. The predicted molar refractivity (Wildman–Crippen MR) is 77.9 cm³/mol. The van der Waals surface area contributed by atoms with E-state index in [4.69, 9.17) is 16.3 Å². The third kappa shape index (κ3) is 3.93. The molecule has 0 saturated carbocycles. The Bertz CT molecular complexity index is 600. The lowest BCUT2D eigenvalue weighted by Crippen LogP contribution is -2.23. The van der Waals surface area contributed by atoms with Crippen LogP contribution in [0.2, 0.25) is 5.02 Å². The normalized spacial score (nSPS) is 13.0. The van der Waals surface area contributed by atoms with Gasteiger partial charge in [-0.3, -0.25) is 0 Å². The van der Waals surface area contributed by atoms with Crippen LogP contribution in [0.1, 0.15) is 24.2 Å². The van der Waals surface area contributed by atoms with Crippen molar-refractivity contribution in [1.82, 2.24) is 0 Å². The lowest BCUT2D eigenvalue weighted by molar-refractivity contribution is -0.0473. The van der Waals surface area contributed by atoms with E-state index in [1.165, 1.54) is 37.3 Å². The molecule has 0 aliphatic carbocycles. The second-order valence-corrected chi connectivity index (χ2v) is 5.15. The third-order valence-electron chi connectivity index (χ3n) is 3.03. The molecular weight excluding hydrogens is 298 g/mol. The molecule has 5 heteroatoms. The van der Waals surface area contributed by atoms with Crippen molar-refractivity contribution in [3.63, 3.8) is 0 Å². The van der Waals surface area contributed by atoms with Crippen molar-refractivity contribution in [2.75, 3.05) is 6.61 Å². The number of hydrogen-bond donors (Lipinski definition) is 1. The quantitative estimate of drug-likeness (QED) is 0.876. The summed E-state index contributed by atoms with van der Waals surface area (Å²) in [6.45, 7) is 0.715. The van der Waals surface area contributed by atoms with Crippen LogP contribution in [0.5, 0.6) is 5.75 Å². The topological polar surface area (TPSA) is 29.5 Å². The number of rotatable bonds is 5. The van der Waals surface area contributed by atoms with Crippen molar-refractivity contribution in [2.24, 2.45) is 0 Å². The maximum absolute atomic E-state index is 14.0. The molecule has 0 radical (unpaired) electrons. The monoisotopic (exact) mass is 312 g/mol. The van der Waals surface area contributed by atoms with Crippen molar-refractivity contribution in [1.29, 1.82) is 0 Å². The molecule has 0 fully saturated rings. The molecule has 112 valence electrons. The van der Waals surface area contributed by atoms with Gasteiger partial charge in [0.05, 0.1) is 6.10 Å². The predicted octanol–water partition coefficient (Wildman–Crippen LogP) is 4.56. The van der Waals surface area contributed by atoms with Crippen LogP contribution in [0.15, 0.2) is 48.5 Å². The molecule has 0 aromatic heterocycles. The Labute approximate surface area is 126 Å². The maximum Gasteiger partial charge on any atom is 0.306 e. The van der Waals surface area contributed by atoms with Crippen molar-refractivity contribution in [3.05, 3.63) is 64.7 Å². The summed E-state index contributed by atoms with van der Waals surface area (Å²) in [5, 5.41) is 10.1. The first-order valence-corrected chi connectivity index (χ1v) is 6.81. The van der Waals surface area contributed by atoms with E-state index in [0.717, 1.165) is 0 Å². The van der Waals surface area contributed by atoms with Gasteiger partial charge in [0.2, 0.25) is 0 Å². The Morgan fingerprint density at radius 1 is 1.19 bits per heavy atom. The summed E-state index contributed by atoms with van der Waals surface area (Å²) in [4.78, 5) is 0. The van der Waals surface area contributed by atoms with Gasteiger partial charge in [-0.05, 0) is 25.1 Å². The number of benzene rings is 2. The third-order valence-corrected chi connectivity index (χ3v) is 3.26. The fourth-order valence-corrected chi connectivity index (χ4v) is 2.09. The van der Waals surface area contributed by atoms with Crippen molar-refractivity contribution in [3.8, 4) is 5.75 Å². The number of ether oxygens (including phenoxy) is 1. The van der Waals surface area contributed by atoms with Crippen molar-refractivity contribution < 1.29 is 18.6 Å². The highest BCUT2D eigenvalue weighted by molar-refractivity contribution is 6.30. The van der Waals surface area contributed by atoms with Crippen LogP contribution in [0.3, 0.4) is 0 Å². The minimum absolute atomic E-state index is 0.113. The van der Waals surface area contributed by atoms with Gasteiger partial charge in [0.1, 0.15) is 5.75 Å². The lowest BCUT2D eigenvalue weighted by Gasteiger charge is -2.19. The highest BCUT2D eigenvalue weighted by Crippen LogP contribution is 2.32. The number of hydrogen-bond acceptors (Lipinski definition) is 2. The van der Waals surface area contributed by atoms with Crippen LogP contribution in [-0.4, -0.2) is 11.7 Å². The summed E-state index contributed by atoms with van der Waals surface area (Å²) >= 11 is 5.83. The van der Waals surface area contributed by atoms with E-state index < -0.39 is 18.6 Å². The Balaban J connectivity index is 2.16. The van der Waals surface area contributed by atoms with Gasteiger partial charge >= 0.3 is 5.92 Å². The van der Waals surface area contributed by atoms with Crippen molar-refractivity contribution >= 4 is 11.6 Å². The van der Waals surface area contributed by atoms with Crippen LogP contribution >= 0.6 is 11.6 Å². The Morgan fingerprint density at radius 2 is 1.86 bits per heavy atom. The molecule has 0 spiro atoms. The molecule has 0 bridgehead atoms. The van der Waals surface area contributed by atoms with Gasteiger partial charge < -0.3 is 9.84 Å². The lowest BCUT2D eigenvalue weighted by atomic mass is 10.1. The number of aliphatic hydroxyl groups is 1. The van der Waals surface area contributed by atoms with E-state index >= 15 is 0 Å². The minimum atomic E-state index is -3.11. The number of aliphatic hydroxyl groups excluding tert-OH is 1. The molecule has 1 unspecified atom stereocenters. The molecule has 0 saturated heterocycles. The van der Waals surface area contributed by atoms with Gasteiger partial charge in [-0.15, -0.1) is 0 Å². The highest BCUT2D eigenvalue weighted by atomic mass is 35.5. The molecule has 21 heavy (non-hydrogen) atoms. The second-order valence-electron chi connectivity index (χ2n) is 4.72. The van der Waals surface area contributed by atoms with Gasteiger partial charge in [0, 0.05) is 16.1 Å². The molecule has 0 aliphatic rings. The molecule has 1 N–H and O–H groups in total. The van der Waals surface area contributed by atoms with E-state index in [0.29, 0.717) is 10.6 Å². The Kier molecular flexibility index (Phi) is 4.80. The molecule has 1 atom stereocenters. The molecule has 2 aromatic rings. The van der Waals surface area contributed by atoms with Crippen molar-refractivity contribution in [2.45, 2.75) is 19.0 Å². The Hall–Kier alpha value is -1.65. The molecule has 2 nitrogen and oxygen atoms in total. The zero-order chi connectivity index (χ0) is 15.5. The standard InChI is InChI=1S/C16H15ClF2O2/c1-11(20)14-9-13(17)7-8-15(14)21-10-16(18,19)12-5-3-2-4-6-12/h2-9,11,20H,10H2,1H3. The van der Waals surface area contributed by atoms with Gasteiger partial charge in [-0.25, -0.2) is 0 Å². The zero-order valence-corrected chi connectivity index (χ0v) is 12.1. The molecule has 0 aliphatic heterocycles. The van der Waals surface area contributed by atoms with E-state index in [1.807, 2.05) is 0 Å². The molecular formula is C16H15ClF2O2. The fraction of sp³-hybridized carbons (Fsp3) is 0.250. The highest BCUT2D eigenvalue weighted by Gasteiger charge is 2.32. The van der Waals surface area contributed by atoms with E-state index in [-0.39, 0.29) is 11.3 Å². The summed E-state index contributed by atoms with van der Waals surface area (Å²) in [5.74, 6) is -2.92. The minimum Gasteiger partial charge on any atom is -0.487 e. The SMILES string of the molecule is CC(O)c1cc(Cl)ccc1OCC(F)(F)c1ccccc1. The van der Waals surface area contributed by atoms with E-state index in [1.54, 1.807) is 18.2 Å². The van der Waals surface area contributed by atoms with Crippen LogP contribution in [0, 0.1) is 0 Å². The number of halogens is 3. The van der Waals surface area contributed by atoms with Crippen LogP contribution < -0.4 is 4.74 Å². The van der Waals surface area contributed by atoms with Crippen LogP contribution in [0.25, 0.3) is 0 Å². The average molecular weight is 313 g/mol. The largest absolute Gasteiger partial charge is 0.487 e. The Morgan fingerprint density at radius 3 is 2.48 bits per heavy atom. The van der Waals surface area contributed by atoms with Gasteiger partial charge in [0.15, 0.2) is 6.61 Å². The average Bonchev–Trinajstić information content (AvgIpc) is 2.47. The van der Waals surface area contributed by atoms with E-state index in [9.17, 15) is 13.9 Å². The molecule has 2 aromatic carbocycles. The van der Waals surface area contributed by atoms with Gasteiger partial charge in [0.25, 0.3) is 0 Å². The molecule has 2 rings (SSSR count). The first-order valence-electron chi connectivity index (χ1n) is 6.44. The van der Waals surface area contributed by atoms with Crippen LogP contribution in [0.4, 0.5) is 8.78 Å². The smallest absolute Gasteiger partial charge is 0.306 e. The van der Waals surface area contributed by atoms with Gasteiger partial charge in [-0.1, -0.05) is 41.9 Å². The molecule has 0 amide bonds. The number of alkyl halides is 2. The summed E-state index contributed by atoms with van der Waals surface area (Å²) in [6.07, 6.45) is -0.857. The fourth-order valence-electron chi connectivity index (χ4n) is 1.91. The van der Waals surface area contributed by atoms with Crippen LogP contribution in [-0.2, 0) is 5.92 Å². The summed E-state index contributed by atoms with van der Waals surface area (Å²) in [7, 11) is 0. The summed E-state index contributed by atoms with van der Waals surface area (Å²) in [5.41, 5.74) is 0.268. The zero-order valence-electron chi connectivity index (χ0n) is 11.4. The first kappa shape index (κ1) is 15.7.